The molecule has 1 amide bonds. The second kappa shape index (κ2) is 21.3. The first-order valence-corrected chi connectivity index (χ1v) is 13.5. The highest BCUT2D eigenvalue weighted by molar-refractivity contribution is 5.93. The number of nitrogens with one attached hydrogen (secondary N) is 2. The van der Waals surface area contributed by atoms with Crippen LogP contribution in [0, 0.1) is 0 Å². The van der Waals surface area contributed by atoms with Crippen molar-refractivity contribution in [1.82, 2.24) is 5.32 Å². The minimum atomic E-state index is -0.0121. The zero-order valence-electron chi connectivity index (χ0n) is 21.1. The van der Waals surface area contributed by atoms with Crippen LogP contribution in [0.3, 0.4) is 0 Å². The second-order valence-electron chi connectivity index (χ2n) is 9.02. The number of carbonyl (C=O) groups excluding carboxylic acids is 1. The molecule has 0 spiro atoms. The third-order valence-electron chi connectivity index (χ3n) is 5.91. The molecule has 0 aromatic heterocycles. The van der Waals surface area contributed by atoms with Crippen LogP contribution in [0.5, 0.6) is 5.75 Å². The molecule has 0 bridgehead atoms. The fourth-order valence-electron chi connectivity index (χ4n) is 3.86. The maximum absolute atomic E-state index is 12.2. The van der Waals surface area contributed by atoms with Crippen LogP contribution in [0.2, 0.25) is 0 Å². The fraction of sp³-hybridized carbons (Fsp3) is 0.750. The molecular formula is C28H50N2O2. The van der Waals surface area contributed by atoms with Crippen molar-refractivity contribution in [2.24, 2.45) is 0 Å². The molecule has 0 aliphatic rings. The minimum absolute atomic E-state index is 0.0121. The molecule has 0 radical (unpaired) electrons. The SMILES string of the molecule is CCCCCCCCCCCCCCCCNCC(=O)Nc1ccccc1OCCCC. The maximum atomic E-state index is 12.2. The second-order valence-corrected chi connectivity index (χ2v) is 9.02. The van der Waals surface area contributed by atoms with E-state index in [9.17, 15) is 4.79 Å². The van der Waals surface area contributed by atoms with Crippen molar-refractivity contribution >= 4 is 11.6 Å². The lowest BCUT2D eigenvalue weighted by atomic mass is 10.0. The molecule has 32 heavy (non-hydrogen) atoms. The number of unbranched alkanes of at least 4 members (excludes halogenated alkanes) is 14. The number of para-hydroxylation sites is 2. The summed E-state index contributed by atoms with van der Waals surface area (Å²) >= 11 is 0. The van der Waals surface area contributed by atoms with Crippen molar-refractivity contribution in [2.45, 2.75) is 117 Å². The van der Waals surface area contributed by atoms with E-state index in [2.05, 4.69) is 24.5 Å². The molecule has 2 N–H and O–H groups in total. The molecule has 0 saturated carbocycles. The summed E-state index contributed by atoms with van der Waals surface area (Å²) in [5.74, 6) is 0.739. The van der Waals surface area contributed by atoms with Crippen LogP contribution in [0.25, 0.3) is 0 Å². The molecule has 0 aliphatic heterocycles. The van der Waals surface area contributed by atoms with E-state index in [-0.39, 0.29) is 5.91 Å². The Bertz CT molecular complexity index is 562. The summed E-state index contributed by atoms with van der Waals surface area (Å²) in [4.78, 5) is 12.2. The van der Waals surface area contributed by atoms with E-state index in [1.807, 2.05) is 24.3 Å². The molecule has 4 heteroatoms. The largest absolute Gasteiger partial charge is 0.491 e. The Kier molecular flexibility index (Phi) is 19.0. The van der Waals surface area contributed by atoms with Crippen molar-refractivity contribution in [2.75, 3.05) is 25.0 Å². The van der Waals surface area contributed by atoms with Gasteiger partial charge in [-0.15, -0.1) is 0 Å². The smallest absolute Gasteiger partial charge is 0.238 e. The van der Waals surface area contributed by atoms with Gasteiger partial charge in [-0.3, -0.25) is 4.79 Å². The average molecular weight is 447 g/mol. The average Bonchev–Trinajstić information content (AvgIpc) is 2.80. The molecule has 0 saturated heterocycles. The van der Waals surface area contributed by atoms with Crippen LogP contribution >= 0.6 is 0 Å². The Morgan fingerprint density at radius 3 is 1.84 bits per heavy atom. The van der Waals surface area contributed by atoms with Gasteiger partial charge in [0.05, 0.1) is 18.8 Å². The van der Waals surface area contributed by atoms with Crippen molar-refractivity contribution in [3.63, 3.8) is 0 Å². The summed E-state index contributed by atoms with van der Waals surface area (Å²) < 4.78 is 5.78. The van der Waals surface area contributed by atoms with E-state index < -0.39 is 0 Å². The van der Waals surface area contributed by atoms with Gasteiger partial charge in [-0.1, -0.05) is 116 Å². The van der Waals surface area contributed by atoms with Gasteiger partial charge < -0.3 is 15.4 Å². The van der Waals surface area contributed by atoms with Gasteiger partial charge in [0.25, 0.3) is 0 Å². The van der Waals surface area contributed by atoms with Crippen molar-refractivity contribution in [1.29, 1.82) is 0 Å². The molecule has 1 aromatic rings. The zero-order valence-corrected chi connectivity index (χ0v) is 21.1. The number of hydrogen-bond acceptors (Lipinski definition) is 3. The molecule has 184 valence electrons. The summed E-state index contributed by atoms with van der Waals surface area (Å²) in [6.45, 7) is 6.35. The van der Waals surface area contributed by atoms with E-state index in [1.165, 1.54) is 83.5 Å². The van der Waals surface area contributed by atoms with Gasteiger partial charge in [-0.2, -0.15) is 0 Å². The molecule has 1 rings (SSSR count). The number of anilines is 1. The normalized spacial score (nSPS) is 10.9. The fourth-order valence-corrected chi connectivity index (χ4v) is 3.86. The van der Waals surface area contributed by atoms with Gasteiger partial charge in [0, 0.05) is 0 Å². The Morgan fingerprint density at radius 2 is 1.25 bits per heavy atom. The number of amides is 1. The van der Waals surface area contributed by atoms with E-state index >= 15 is 0 Å². The van der Waals surface area contributed by atoms with Crippen LogP contribution in [0.1, 0.15) is 117 Å². The van der Waals surface area contributed by atoms with Gasteiger partial charge in [0.2, 0.25) is 5.91 Å². The van der Waals surface area contributed by atoms with E-state index in [0.717, 1.165) is 37.2 Å². The summed E-state index contributed by atoms with van der Waals surface area (Å²) in [5, 5.41) is 6.23. The van der Waals surface area contributed by atoms with E-state index in [1.54, 1.807) is 0 Å². The summed E-state index contributed by atoms with van der Waals surface area (Å²) in [5.41, 5.74) is 0.756. The van der Waals surface area contributed by atoms with Gasteiger partial charge in [0.15, 0.2) is 0 Å². The van der Waals surface area contributed by atoms with Crippen LogP contribution in [-0.2, 0) is 4.79 Å². The van der Waals surface area contributed by atoms with Gasteiger partial charge in [-0.25, -0.2) is 0 Å². The third kappa shape index (κ3) is 16.1. The number of benzene rings is 1. The summed E-state index contributed by atoms with van der Waals surface area (Å²) in [6.07, 6.45) is 21.3. The van der Waals surface area contributed by atoms with Crippen molar-refractivity contribution < 1.29 is 9.53 Å². The summed E-state index contributed by atoms with van der Waals surface area (Å²) in [7, 11) is 0. The molecule has 0 unspecified atom stereocenters. The first kappa shape index (κ1) is 28.5. The number of hydrogen-bond donors (Lipinski definition) is 2. The lowest BCUT2D eigenvalue weighted by Crippen LogP contribution is -2.28. The quantitative estimate of drug-likeness (QED) is 0.178. The third-order valence-corrected chi connectivity index (χ3v) is 5.91. The monoisotopic (exact) mass is 446 g/mol. The first-order chi connectivity index (χ1) is 15.8. The highest BCUT2D eigenvalue weighted by Gasteiger charge is 2.07. The van der Waals surface area contributed by atoms with Crippen molar-refractivity contribution in [3.8, 4) is 5.75 Å². The molecule has 4 nitrogen and oxygen atoms in total. The van der Waals surface area contributed by atoms with E-state index in [0.29, 0.717) is 13.2 Å². The predicted octanol–water partition coefficient (Wildman–Crippen LogP) is 7.87. The van der Waals surface area contributed by atoms with Crippen LogP contribution in [0.4, 0.5) is 5.69 Å². The molecular weight excluding hydrogens is 396 g/mol. The van der Waals surface area contributed by atoms with E-state index in [4.69, 9.17) is 4.74 Å². The Balaban J connectivity index is 1.93. The highest BCUT2D eigenvalue weighted by Crippen LogP contribution is 2.23. The molecule has 0 heterocycles. The Hall–Kier alpha value is -1.55. The van der Waals surface area contributed by atoms with Crippen LogP contribution in [0.15, 0.2) is 24.3 Å². The number of carbonyl (C=O) groups is 1. The molecule has 0 aliphatic carbocycles. The minimum Gasteiger partial charge on any atom is -0.491 e. The maximum Gasteiger partial charge on any atom is 0.238 e. The summed E-state index contributed by atoms with van der Waals surface area (Å²) in [6, 6.07) is 7.66. The number of rotatable bonds is 22. The molecule has 1 aromatic carbocycles. The number of ether oxygens (including phenoxy) is 1. The van der Waals surface area contributed by atoms with Gasteiger partial charge in [-0.05, 0) is 31.5 Å². The Labute approximate surface area is 198 Å². The topological polar surface area (TPSA) is 50.4 Å². The lowest BCUT2D eigenvalue weighted by Gasteiger charge is -2.12. The van der Waals surface area contributed by atoms with Crippen LogP contribution < -0.4 is 15.4 Å². The molecule has 0 atom stereocenters. The standard InChI is InChI=1S/C28H50N2O2/c1-3-5-7-8-9-10-11-12-13-14-15-16-17-20-23-29-25-28(31)30-26-21-18-19-22-27(26)32-24-6-4-2/h18-19,21-22,29H,3-17,20,23-25H2,1-2H3,(H,30,31). The zero-order chi connectivity index (χ0) is 23.1. The van der Waals surface area contributed by atoms with Gasteiger partial charge >= 0.3 is 0 Å². The highest BCUT2D eigenvalue weighted by atomic mass is 16.5. The lowest BCUT2D eigenvalue weighted by molar-refractivity contribution is -0.115. The van der Waals surface area contributed by atoms with Gasteiger partial charge in [0.1, 0.15) is 5.75 Å². The Morgan fingerprint density at radius 1 is 0.719 bits per heavy atom. The van der Waals surface area contributed by atoms with Crippen molar-refractivity contribution in [3.05, 3.63) is 24.3 Å². The first-order valence-electron chi connectivity index (χ1n) is 13.5. The van der Waals surface area contributed by atoms with Crippen LogP contribution in [-0.4, -0.2) is 25.6 Å². The predicted molar refractivity (Wildman–Crippen MR) is 139 cm³/mol. The molecule has 0 fully saturated rings.